The molecule has 0 radical (unpaired) electrons. The lowest BCUT2D eigenvalue weighted by molar-refractivity contribution is 0.0970. The highest BCUT2D eigenvalue weighted by atomic mass is 79.9. The fourth-order valence-corrected chi connectivity index (χ4v) is 2.42. The number of benzene rings is 1. The van der Waals surface area contributed by atoms with Gasteiger partial charge >= 0.3 is 5.69 Å². The molecule has 0 bridgehead atoms. The lowest BCUT2D eigenvalue weighted by Gasteiger charge is -2.04. The van der Waals surface area contributed by atoms with Crippen molar-refractivity contribution in [1.29, 1.82) is 0 Å². The van der Waals surface area contributed by atoms with Gasteiger partial charge in [0.15, 0.2) is 5.78 Å². The molecule has 2 rings (SSSR count). The number of ketones is 1. The van der Waals surface area contributed by atoms with E-state index in [4.69, 9.17) is 0 Å². The predicted octanol–water partition coefficient (Wildman–Crippen LogP) is 2.71. The summed E-state index contributed by atoms with van der Waals surface area (Å²) in [7, 11) is 0. The molecule has 0 spiro atoms. The molecule has 0 saturated heterocycles. The maximum atomic E-state index is 12.2. The molecule has 0 aliphatic rings. The minimum atomic E-state index is -0.137. The molecular formula is C14H15BrN2O2. The smallest absolute Gasteiger partial charge is 0.299 e. The van der Waals surface area contributed by atoms with Gasteiger partial charge in [-0.3, -0.25) is 13.9 Å². The van der Waals surface area contributed by atoms with Gasteiger partial charge in [0, 0.05) is 29.0 Å². The van der Waals surface area contributed by atoms with Gasteiger partial charge in [-0.25, -0.2) is 4.79 Å². The largest absolute Gasteiger partial charge is 0.328 e. The van der Waals surface area contributed by atoms with Crippen LogP contribution in [0.15, 0.2) is 45.9 Å². The van der Waals surface area contributed by atoms with E-state index in [1.54, 1.807) is 23.0 Å². The van der Waals surface area contributed by atoms with Crippen LogP contribution in [0.2, 0.25) is 0 Å². The van der Waals surface area contributed by atoms with E-state index in [0.29, 0.717) is 12.1 Å². The number of rotatable bonds is 5. The number of nitrogens with zero attached hydrogens (tertiary/aromatic N) is 2. The second-order valence-electron chi connectivity index (χ2n) is 4.31. The van der Waals surface area contributed by atoms with Crippen LogP contribution < -0.4 is 5.69 Å². The molecule has 100 valence electrons. The van der Waals surface area contributed by atoms with Crippen LogP contribution in [-0.2, 0) is 13.1 Å². The first-order valence-corrected chi connectivity index (χ1v) is 6.96. The SMILES string of the molecule is CCCn1ccn(CC(=O)c2ccccc2Br)c1=O. The summed E-state index contributed by atoms with van der Waals surface area (Å²) < 4.78 is 3.81. The molecule has 0 unspecified atom stereocenters. The first kappa shape index (κ1) is 13.8. The third-order valence-corrected chi connectivity index (χ3v) is 3.56. The third-order valence-electron chi connectivity index (χ3n) is 2.87. The van der Waals surface area contributed by atoms with E-state index in [-0.39, 0.29) is 18.0 Å². The third kappa shape index (κ3) is 3.04. The van der Waals surface area contributed by atoms with Crippen LogP contribution in [0.3, 0.4) is 0 Å². The summed E-state index contributed by atoms with van der Waals surface area (Å²) in [5, 5.41) is 0. The molecule has 0 fully saturated rings. The Morgan fingerprint density at radius 2 is 1.89 bits per heavy atom. The highest BCUT2D eigenvalue weighted by Crippen LogP contribution is 2.16. The molecule has 1 aromatic carbocycles. The molecule has 0 aliphatic carbocycles. The molecule has 4 nitrogen and oxygen atoms in total. The number of carbonyl (C=O) groups is 1. The summed E-state index contributed by atoms with van der Waals surface area (Å²) in [5.41, 5.74) is 0.458. The van der Waals surface area contributed by atoms with Gasteiger partial charge in [-0.2, -0.15) is 0 Å². The molecule has 5 heteroatoms. The molecule has 1 heterocycles. The molecular weight excluding hydrogens is 308 g/mol. The van der Waals surface area contributed by atoms with Crippen molar-refractivity contribution in [3.8, 4) is 0 Å². The highest BCUT2D eigenvalue weighted by molar-refractivity contribution is 9.10. The number of aromatic nitrogens is 2. The van der Waals surface area contributed by atoms with Gasteiger partial charge in [-0.15, -0.1) is 0 Å². The van der Waals surface area contributed by atoms with Crippen molar-refractivity contribution in [3.63, 3.8) is 0 Å². The zero-order valence-corrected chi connectivity index (χ0v) is 12.3. The van der Waals surface area contributed by atoms with Gasteiger partial charge in [-0.05, 0) is 12.5 Å². The number of Topliss-reactive ketones (excluding diaryl/α,β-unsaturated/α-hetero) is 1. The lowest BCUT2D eigenvalue weighted by atomic mass is 10.1. The average Bonchev–Trinajstić information content (AvgIpc) is 2.72. The molecule has 1 aromatic heterocycles. The van der Waals surface area contributed by atoms with E-state index in [0.717, 1.165) is 10.9 Å². The van der Waals surface area contributed by atoms with Crippen molar-refractivity contribution in [3.05, 3.63) is 57.2 Å². The Hall–Kier alpha value is -1.62. The Labute approximate surface area is 119 Å². The minimum Gasteiger partial charge on any atom is -0.299 e. The van der Waals surface area contributed by atoms with Gasteiger partial charge in [0.2, 0.25) is 0 Å². The Kier molecular flexibility index (Phi) is 4.37. The fourth-order valence-electron chi connectivity index (χ4n) is 1.91. The number of carbonyl (C=O) groups excluding carboxylic acids is 1. The molecule has 0 N–H and O–H groups in total. The van der Waals surface area contributed by atoms with Crippen molar-refractivity contribution in [2.75, 3.05) is 0 Å². The lowest BCUT2D eigenvalue weighted by Crippen LogP contribution is -2.26. The van der Waals surface area contributed by atoms with Crippen molar-refractivity contribution in [1.82, 2.24) is 9.13 Å². The van der Waals surface area contributed by atoms with Crippen LogP contribution in [-0.4, -0.2) is 14.9 Å². The average molecular weight is 323 g/mol. The van der Waals surface area contributed by atoms with Gasteiger partial charge in [0.1, 0.15) is 0 Å². The Morgan fingerprint density at radius 1 is 1.21 bits per heavy atom. The van der Waals surface area contributed by atoms with Crippen molar-refractivity contribution in [2.24, 2.45) is 0 Å². The van der Waals surface area contributed by atoms with Gasteiger partial charge in [-0.1, -0.05) is 41.1 Å². The van der Waals surface area contributed by atoms with Gasteiger partial charge < -0.3 is 0 Å². The normalized spacial score (nSPS) is 10.6. The fraction of sp³-hybridized carbons (Fsp3) is 0.286. The molecule has 0 saturated carbocycles. The summed E-state index contributed by atoms with van der Waals surface area (Å²) in [6.07, 6.45) is 4.27. The second kappa shape index (κ2) is 6.02. The van der Waals surface area contributed by atoms with Gasteiger partial charge in [0.25, 0.3) is 0 Å². The number of hydrogen-bond donors (Lipinski definition) is 0. The first-order chi connectivity index (χ1) is 9.13. The van der Waals surface area contributed by atoms with E-state index in [2.05, 4.69) is 15.9 Å². The van der Waals surface area contributed by atoms with E-state index >= 15 is 0 Å². The zero-order valence-electron chi connectivity index (χ0n) is 10.7. The monoisotopic (exact) mass is 322 g/mol. The van der Waals surface area contributed by atoms with Crippen molar-refractivity contribution < 1.29 is 4.79 Å². The van der Waals surface area contributed by atoms with Crippen LogP contribution in [0.25, 0.3) is 0 Å². The molecule has 0 aliphatic heterocycles. The maximum absolute atomic E-state index is 12.2. The number of imidazole rings is 1. The summed E-state index contributed by atoms with van der Waals surface area (Å²) >= 11 is 3.35. The highest BCUT2D eigenvalue weighted by Gasteiger charge is 2.12. The summed E-state index contributed by atoms with van der Waals surface area (Å²) in [6.45, 7) is 2.75. The van der Waals surface area contributed by atoms with Crippen LogP contribution in [0.4, 0.5) is 0 Å². The Morgan fingerprint density at radius 3 is 2.58 bits per heavy atom. The van der Waals surface area contributed by atoms with Gasteiger partial charge in [0.05, 0.1) is 6.54 Å². The molecule has 0 amide bonds. The van der Waals surface area contributed by atoms with E-state index in [9.17, 15) is 9.59 Å². The minimum absolute atomic E-state index is 0.0676. The van der Waals surface area contributed by atoms with Crippen molar-refractivity contribution >= 4 is 21.7 Å². The van der Waals surface area contributed by atoms with Crippen LogP contribution in [0.1, 0.15) is 23.7 Å². The standard InChI is InChI=1S/C14H15BrN2O2/c1-2-7-16-8-9-17(14(16)19)10-13(18)11-5-3-4-6-12(11)15/h3-6,8-9H,2,7,10H2,1H3. The summed E-state index contributed by atoms with van der Waals surface area (Å²) in [5.74, 6) is -0.0798. The quantitative estimate of drug-likeness (QED) is 0.794. The maximum Gasteiger partial charge on any atom is 0.328 e. The van der Waals surface area contributed by atoms with Crippen LogP contribution in [0, 0.1) is 0 Å². The Bertz CT molecular complexity index is 643. The summed E-state index contributed by atoms with van der Waals surface area (Å²) in [4.78, 5) is 24.1. The number of hydrogen-bond acceptors (Lipinski definition) is 2. The Balaban J connectivity index is 2.20. The predicted molar refractivity (Wildman–Crippen MR) is 77.5 cm³/mol. The molecule has 19 heavy (non-hydrogen) atoms. The first-order valence-electron chi connectivity index (χ1n) is 6.16. The molecule has 0 atom stereocenters. The molecule has 2 aromatic rings. The van der Waals surface area contributed by atoms with E-state index < -0.39 is 0 Å². The zero-order chi connectivity index (χ0) is 13.8. The number of halogens is 1. The van der Waals surface area contributed by atoms with Crippen LogP contribution in [0.5, 0.6) is 0 Å². The number of aryl methyl sites for hydroxylation is 1. The van der Waals surface area contributed by atoms with Crippen LogP contribution >= 0.6 is 15.9 Å². The summed E-state index contributed by atoms with van der Waals surface area (Å²) in [6, 6.07) is 7.23. The van der Waals surface area contributed by atoms with E-state index in [1.807, 2.05) is 25.1 Å². The van der Waals surface area contributed by atoms with E-state index in [1.165, 1.54) is 4.57 Å². The topological polar surface area (TPSA) is 44.0 Å². The van der Waals surface area contributed by atoms with Crippen molar-refractivity contribution in [2.45, 2.75) is 26.4 Å². The second-order valence-corrected chi connectivity index (χ2v) is 5.16.